The maximum absolute atomic E-state index is 13.0. The van der Waals surface area contributed by atoms with E-state index in [-0.39, 0.29) is 29.2 Å². The molecule has 7 nitrogen and oxygen atoms in total. The third-order valence-corrected chi connectivity index (χ3v) is 4.05. The van der Waals surface area contributed by atoms with Gasteiger partial charge in [-0.25, -0.2) is 14.4 Å². The van der Waals surface area contributed by atoms with Gasteiger partial charge in [0.15, 0.2) is 11.4 Å². The van der Waals surface area contributed by atoms with Gasteiger partial charge in [-0.2, -0.15) is 0 Å². The fraction of sp³-hybridized carbons (Fsp3) is 0.368. The average Bonchev–Trinajstić information content (AvgIpc) is 2.66. The molecule has 0 saturated heterocycles. The van der Waals surface area contributed by atoms with E-state index in [0.29, 0.717) is 13.1 Å². The highest BCUT2D eigenvalue weighted by Crippen LogP contribution is 2.16. The SMILES string of the molecule is CN(CC(C)(C)CN)C(=O)c1nccnc1C(=O)NCc1ccc(F)cc1. The van der Waals surface area contributed by atoms with Crippen LogP contribution in [0.1, 0.15) is 40.4 Å². The number of aromatic nitrogens is 2. The molecule has 0 radical (unpaired) electrons. The van der Waals surface area contributed by atoms with E-state index in [2.05, 4.69) is 15.3 Å². The molecule has 0 bridgehead atoms. The standard InChI is InChI=1S/C19H24FN5O2/c1-19(2,11-21)12-25(3)18(27)16-15(22-8-9-23-16)17(26)24-10-13-4-6-14(20)7-5-13/h4-9H,10-12,21H2,1-3H3,(H,24,26). The van der Waals surface area contributed by atoms with Crippen molar-refractivity contribution in [2.24, 2.45) is 11.1 Å². The predicted octanol–water partition coefficient (Wildman–Crippen LogP) is 1.60. The van der Waals surface area contributed by atoms with Gasteiger partial charge < -0.3 is 16.0 Å². The lowest BCUT2D eigenvalue weighted by molar-refractivity contribution is 0.0727. The van der Waals surface area contributed by atoms with Crippen LogP contribution in [0.5, 0.6) is 0 Å². The van der Waals surface area contributed by atoms with Crippen molar-refractivity contribution in [2.75, 3.05) is 20.1 Å². The Labute approximate surface area is 157 Å². The van der Waals surface area contributed by atoms with E-state index < -0.39 is 11.8 Å². The van der Waals surface area contributed by atoms with Crippen LogP contribution in [-0.4, -0.2) is 46.8 Å². The molecule has 1 heterocycles. The van der Waals surface area contributed by atoms with Crippen LogP contribution in [0.4, 0.5) is 4.39 Å². The van der Waals surface area contributed by atoms with Crippen LogP contribution in [0, 0.1) is 11.2 Å². The molecule has 0 aliphatic heterocycles. The summed E-state index contributed by atoms with van der Waals surface area (Å²) in [6.07, 6.45) is 2.72. The molecule has 8 heteroatoms. The molecular formula is C19H24FN5O2. The maximum Gasteiger partial charge on any atom is 0.274 e. The van der Waals surface area contributed by atoms with Gasteiger partial charge in [0.2, 0.25) is 0 Å². The molecule has 0 aliphatic carbocycles. The monoisotopic (exact) mass is 373 g/mol. The van der Waals surface area contributed by atoms with E-state index in [1.54, 1.807) is 19.2 Å². The first kappa shape index (κ1) is 20.4. The number of carbonyl (C=O) groups is 2. The summed E-state index contributed by atoms with van der Waals surface area (Å²) < 4.78 is 13.0. The summed E-state index contributed by atoms with van der Waals surface area (Å²) in [5, 5.41) is 2.67. The predicted molar refractivity (Wildman–Crippen MR) is 99.4 cm³/mol. The third kappa shape index (κ3) is 5.55. The van der Waals surface area contributed by atoms with Crippen LogP contribution in [0.3, 0.4) is 0 Å². The molecule has 144 valence electrons. The number of nitrogens with two attached hydrogens (primary N) is 1. The second-order valence-electron chi connectivity index (χ2n) is 7.09. The summed E-state index contributed by atoms with van der Waals surface area (Å²) >= 11 is 0. The first-order valence-electron chi connectivity index (χ1n) is 8.53. The lowest BCUT2D eigenvalue weighted by Gasteiger charge is -2.29. The summed E-state index contributed by atoms with van der Waals surface area (Å²) in [5.41, 5.74) is 6.10. The first-order valence-corrected chi connectivity index (χ1v) is 8.53. The van der Waals surface area contributed by atoms with Gasteiger partial charge in [-0.15, -0.1) is 0 Å². The second-order valence-corrected chi connectivity index (χ2v) is 7.09. The van der Waals surface area contributed by atoms with E-state index in [1.807, 2.05) is 13.8 Å². The highest BCUT2D eigenvalue weighted by Gasteiger charge is 2.26. The molecule has 0 saturated carbocycles. The fourth-order valence-corrected chi connectivity index (χ4v) is 2.49. The van der Waals surface area contributed by atoms with E-state index >= 15 is 0 Å². The summed E-state index contributed by atoms with van der Waals surface area (Å²) in [6.45, 7) is 4.90. The van der Waals surface area contributed by atoms with Crippen molar-refractivity contribution in [1.29, 1.82) is 0 Å². The Bertz CT molecular complexity index is 808. The minimum Gasteiger partial charge on any atom is -0.347 e. The Balaban J connectivity index is 2.12. The van der Waals surface area contributed by atoms with Crippen LogP contribution in [0.25, 0.3) is 0 Å². The van der Waals surface area contributed by atoms with Gasteiger partial charge in [-0.3, -0.25) is 9.59 Å². The summed E-state index contributed by atoms with van der Waals surface area (Å²) in [5.74, 6) is -1.28. The number of amides is 2. The lowest BCUT2D eigenvalue weighted by Crippen LogP contribution is -2.41. The van der Waals surface area contributed by atoms with Gasteiger partial charge in [0, 0.05) is 32.5 Å². The van der Waals surface area contributed by atoms with Crippen molar-refractivity contribution < 1.29 is 14.0 Å². The van der Waals surface area contributed by atoms with Gasteiger partial charge in [-0.1, -0.05) is 26.0 Å². The van der Waals surface area contributed by atoms with Crippen LogP contribution >= 0.6 is 0 Å². The van der Waals surface area contributed by atoms with Gasteiger partial charge >= 0.3 is 0 Å². The molecule has 0 unspecified atom stereocenters. The summed E-state index contributed by atoms with van der Waals surface area (Å²) in [7, 11) is 1.63. The number of benzene rings is 1. The number of carbonyl (C=O) groups excluding carboxylic acids is 2. The first-order chi connectivity index (χ1) is 12.7. The van der Waals surface area contributed by atoms with Crippen molar-refractivity contribution in [3.63, 3.8) is 0 Å². The van der Waals surface area contributed by atoms with Gasteiger partial charge in [0.05, 0.1) is 0 Å². The van der Waals surface area contributed by atoms with Crippen molar-refractivity contribution in [3.05, 3.63) is 59.4 Å². The van der Waals surface area contributed by atoms with Gasteiger partial charge in [0.1, 0.15) is 5.82 Å². The number of nitrogens with zero attached hydrogens (tertiary/aromatic N) is 3. The van der Waals surface area contributed by atoms with Crippen molar-refractivity contribution >= 4 is 11.8 Å². The van der Waals surface area contributed by atoms with E-state index in [1.165, 1.54) is 29.4 Å². The smallest absolute Gasteiger partial charge is 0.274 e. The van der Waals surface area contributed by atoms with E-state index in [4.69, 9.17) is 5.73 Å². The quantitative estimate of drug-likeness (QED) is 0.768. The number of nitrogens with one attached hydrogen (secondary N) is 1. The number of halogens is 1. The maximum atomic E-state index is 13.0. The van der Waals surface area contributed by atoms with Crippen molar-refractivity contribution in [2.45, 2.75) is 20.4 Å². The third-order valence-electron chi connectivity index (χ3n) is 4.05. The van der Waals surface area contributed by atoms with Crippen LogP contribution in [0.2, 0.25) is 0 Å². The molecule has 3 N–H and O–H groups in total. The molecule has 27 heavy (non-hydrogen) atoms. The largest absolute Gasteiger partial charge is 0.347 e. The van der Waals surface area contributed by atoms with E-state index in [9.17, 15) is 14.0 Å². The molecular weight excluding hydrogens is 349 g/mol. The Morgan fingerprint density at radius 3 is 2.33 bits per heavy atom. The molecule has 0 aliphatic rings. The minimum absolute atomic E-state index is 0.0237. The topological polar surface area (TPSA) is 101 Å². The number of hydrogen-bond donors (Lipinski definition) is 2. The summed E-state index contributed by atoms with van der Waals surface area (Å²) in [6, 6.07) is 5.77. The molecule has 2 rings (SSSR count). The molecule has 2 amide bonds. The zero-order valence-electron chi connectivity index (χ0n) is 15.7. The van der Waals surface area contributed by atoms with Crippen molar-refractivity contribution in [1.82, 2.24) is 20.2 Å². The Kier molecular flexibility index (Phi) is 6.57. The van der Waals surface area contributed by atoms with Crippen LogP contribution in [0.15, 0.2) is 36.7 Å². The van der Waals surface area contributed by atoms with Crippen molar-refractivity contribution in [3.8, 4) is 0 Å². The Morgan fingerprint density at radius 1 is 1.15 bits per heavy atom. The van der Waals surface area contributed by atoms with Crippen LogP contribution < -0.4 is 11.1 Å². The summed E-state index contributed by atoms with van der Waals surface area (Å²) in [4.78, 5) is 34.8. The molecule has 2 aromatic rings. The second kappa shape index (κ2) is 8.68. The molecule has 0 fully saturated rings. The van der Waals surface area contributed by atoms with Gasteiger partial charge in [0.25, 0.3) is 11.8 Å². The molecule has 1 aromatic carbocycles. The fourth-order valence-electron chi connectivity index (χ4n) is 2.49. The van der Waals surface area contributed by atoms with E-state index in [0.717, 1.165) is 5.56 Å². The highest BCUT2D eigenvalue weighted by molar-refractivity contribution is 6.04. The van der Waals surface area contributed by atoms with Gasteiger partial charge in [-0.05, 0) is 29.7 Å². The normalized spacial score (nSPS) is 11.1. The average molecular weight is 373 g/mol. The molecule has 0 spiro atoms. The zero-order valence-corrected chi connectivity index (χ0v) is 15.7. The number of rotatable bonds is 7. The van der Waals surface area contributed by atoms with Crippen LogP contribution in [-0.2, 0) is 6.54 Å². The number of hydrogen-bond acceptors (Lipinski definition) is 5. The molecule has 1 aromatic heterocycles. The lowest BCUT2D eigenvalue weighted by atomic mass is 9.93. The minimum atomic E-state index is -0.526. The zero-order chi connectivity index (χ0) is 20.0. The Hall–Kier alpha value is -2.87. The Morgan fingerprint density at radius 2 is 1.74 bits per heavy atom. The molecule has 0 atom stereocenters. The highest BCUT2D eigenvalue weighted by atomic mass is 19.1.